The van der Waals surface area contributed by atoms with Crippen LogP contribution in [0.2, 0.25) is 0 Å². The first-order chi connectivity index (χ1) is 12.9. The molecule has 1 aliphatic heterocycles. The molecule has 1 aliphatic rings. The van der Waals surface area contributed by atoms with E-state index in [2.05, 4.69) is 40.1 Å². The van der Waals surface area contributed by atoms with E-state index >= 15 is 0 Å². The molecule has 0 aliphatic carbocycles. The Morgan fingerprint density at radius 3 is 2.74 bits per heavy atom. The van der Waals surface area contributed by atoms with Crippen LogP contribution in [0.3, 0.4) is 0 Å². The monoisotopic (exact) mass is 426 g/mol. The van der Waals surface area contributed by atoms with Crippen LogP contribution in [-0.4, -0.2) is 31.2 Å². The van der Waals surface area contributed by atoms with Crippen LogP contribution in [0.5, 0.6) is 0 Å². The highest BCUT2D eigenvalue weighted by molar-refractivity contribution is 9.10. The summed E-state index contributed by atoms with van der Waals surface area (Å²) < 4.78 is 4.09. The van der Waals surface area contributed by atoms with E-state index in [-0.39, 0.29) is 17.5 Å². The molecule has 1 aromatic carbocycles. The second-order valence-corrected chi connectivity index (χ2v) is 7.81. The van der Waals surface area contributed by atoms with Crippen molar-refractivity contribution in [2.75, 3.05) is 0 Å². The molecular weight excluding hydrogens is 408 g/mol. The third kappa shape index (κ3) is 3.35. The molecule has 1 amide bonds. The minimum absolute atomic E-state index is 0.0780. The Labute approximate surface area is 165 Å². The number of aryl methyl sites for hydroxylation is 1. The normalized spacial score (nSPS) is 16.3. The Hall–Kier alpha value is -2.67. The van der Waals surface area contributed by atoms with Gasteiger partial charge in [-0.15, -0.1) is 0 Å². The molecule has 7 heteroatoms. The standard InChI is InChI=1S/C20H19BrN4O2/c1-13-7-14-3-5-17(21)8-16(14)11-24(13)20(27)15-4-6-19(26)25(10-15)18-9-22-23(2)12-18/h3-6,8-10,12-13H,7,11H2,1-2H3. The molecular formula is C20H19BrN4O2. The Morgan fingerprint density at radius 1 is 1.19 bits per heavy atom. The van der Waals surface area contributed by atoms with Crippen molar-refractivity contribution in [3.63, 3.8) is 0 Å². The highest BCUT2D eigenvalue weighted by Gasteiger charge is 2.28. The average Bonchev–Trinajstić information content (AvgIpc) is 3.07. The molecule has 138 valence electrons. The van der Waals surface area contributed by atoms with E-state index < -0.39 is 0 Å². The fourth-order valence-corrected chi connectivity index (χ4v) is 3.90. The molecule has 0 N–H and O–H groups in total. The van der Waals surface area contributed by atoms with Gasteiger partial charge in [0.15, 0.2) is 0 Å². The summed E-state index contributed by atoms with van der Waals surface area (Å²) in [6, 6.07) is 9.33. The lowest BCUT2D eigenvalue weighted by Crippen LogP contribution is -2.42. The van der Waals surface area contributed by atoms with Crippen molar-refractivity contribution in [1.29, 1.82) is 0 Å². The predicted molar refractivity (Wildman–Crippen MR) is 106 cm³/mol. The van der Waals surface area contributed by atoms with Gasteiger partial charge in [0, 0.05) is 42.6 Å². The number of amides is 1. The van der Waals surface area contributed by atoms with E-state index in [0.717, 1.165) is 16.5 Å². The van der Waals surface area contributed by atoms with Crippen LogP contribution in [0.15, 0.2) is 58.2 Å². The number of aromatic nitrogens is 3. The molecule has 0 bridgehead atoms. The lowest BCUT2D eigenvalue weighted by molar-refractivity contribution is 0.0657. The van der Waals surface area contributed by atoms with E-state index in [9.17, 15) is 9.59 Å². The third-order valence-corrected chi connectivity index (χ3v) is 5.44. The molecule has 4 rings (SSSR count). The van der Waals surface area contributed by atoms with Crippen molar-refractivity contribution in [2.24, 2.45) is 7.05 Å². The summed E-state index contributed by atoms with van der Waals surface area (Å²) in [5.74, 6) is -0.0780. The van der Waals surface area contributed by atoms with Gasteiger partial charge in [0.1, 0.15) is 0 Å². The van der Waals surface area contributed by atoms with Crippen molar-refractivity contribution in [2.45, 2.75) is 25.9 Å². The van der Waals surface area contributed by atoms with Crippen LogP contribution in [0.1, 0.15) is 28.4 Å². The number of hydrogen-bond donors (Lipinski definition) is 0. The third-order valence-electron chi connectivity index (χ3n) is 4.94. The first-order valence-corrected chi connectivity index (χ1v) is 9.51. The first kappa shape index (κ1) is 17.7. The van der Waals surface area contributed by atoms with Crippen LogP contribution in [-0.2, 0) is 20.0 Å². The molecule has 1 unspecified atom stereocenters. The Balaban J connectivity index is 1.68. The molecule has 3 aromatic rings. The van der Waals surface area contributed by atoms with E-state index in [4.69, 9.17) is 0 Å². The van der Waals surface area contributed by atoms with E-state index in [1.165, 1.54) is 16.2 Å². The molecule has 0 saturated carbocycles. The first-order valence-electron chi connectivity index (χ1n) is 8.72. The molecule has 0 spiro atoms. The van der Waals surface area contributed by atoms with E-state index in [1.807, 2.05) is 11.0 Å². The van der Waals surface area contributed by atoms with Gasteiger partial charge in [-0.1, -0.05) is 22.0 Å². The van der Waals surface area contributed by atoms with Gasteiger partial charge in [0.05, 0.1) is 17.4 Å². The zero-order valence-corrected chi connectivity index (χ0v) is 16.7. The molecule has 6 nitrogen and oxygen atoms in total. The second-order valence-electron chi connectivity index (χ2n) is 6.90. The lowest BCUT2D eigenvalue weighted by Gasteiger charge is -2.35. The van der Waals surface area contributed by atoms with Gasteiger partial charge >= 0.3 is 0 Å². The van der Waals surface area contributed by atoms with Crippen molar-refractivity contribution >= 4 is 21.8 Å². The number of pyridine rings is 1. The van der Waals surface area contributed by atoms with Gasteiger partial charge < -0.3 is 4.90 Å². The molecule has 0 saturated heterocycles. The minimum atomic E-state index is -0.194. The highest BCUT2D eigenvalue weighted by Crippen LogP contribution is 2.27. The summed E-state index contributed by atoms with van der Waals surface area (Å²) in [6.07, 6.45) is 5.77. The Bertz CT molecular complexity index is 1090. The molecule has 2 aromatic heterocycles. The zero-order chi connectivity index (χ0) is 19.1. The summed E-state index contributed by atoms with van der Waals surface area (Å²) >= 11 is 3.50. The van der Waals surface area contributed by atoms with Crippen LogP contribution >= 0.6 is 15.9 Å². The maximum atomic E-state index is 13.2. The summed E-state index contributed by atoms with van der Waals surface area (Å²) in [5, 5.41) is 4.10. The summed E-state index contributed by atoms with van der Waals surface area (Å²) in [5.41, 5.74) is 3.36. The van der Waals surface area contributed by atoms with Crippen molar-refractivity contribution in [3.05, 3.63) is 80.4 Å². The molecule has 0 radical (unpaired) electrons. The van der Waals surface area contributed by atoms with Crippen LogP contribution in [0, 0.1) is 0 Å². The maximum absolute atomic E-state index is 13.2. The molecule has 0 fully saturated rings. The van der Waals surface area contributed by atoms with E-state index in [1.54, 1.807) is 36.4 Å². The summed E-state index contributed by atoms with van der Waals surface area (Å²) in [6.45, 7) is 2.61. The second kappa shape index (κ2) is 6.81. The number of rotatable bonds is 2. The summed E-state index contributed by atoms with van der Waals surface area (Å²) in [7, 11) is 1.79. The SMILES string of the molecule is CC1Cc2ccc(Br)cc2CN1C(=O)c1ccc(=O)n(-c2cnn(C)c2)c1. The maximum Gasteiger partial charge on any atom is 0.255 e. The van der Waals surface area contributed by atoms with Crippen LogP contribution in [0.4, 0.5) is 0 Å². The summed E-state index contributed by atoms with van der Waals surface area (Å²) in [4.78, 5) is 27.3. The Morgan fingerprint density at radius 2 is 2.00 bits per heavy atom. The van der Waals surface area contributed by atoms with Crippen molar-refractivity contribution in [3.8, 4) is 5.69 Å². The highest BCUT2D eigenvalue weighted by atomic mass is 79.9. The van der Waals surface area contributed by atoms with Crippen LogP contribution < -0.4 is 5.56 Å². The number of carbonyl (C=O) groups excluding carboxylic acids is 1. The van der Waals surface area contributed by atoms with Gasteiger partial charge in [0.2, 0.25) is 0 Å². The molecule has 3 heterocycles. The van der Waals surface area contributed by atoms with Gasteiger partial charge in [0.25, 0.3) is 11.5 Å². The molecule has 1 atom stereocenters. The van der Waals surface area contributed by atoms with Crippen molar-refractivity contribution in [1.82, 2.24) is 19.2 Å². The smallest absolute Gasteiger partial charge is 0.255 e. The number of carbonyl (C=O) groups is 1. The van der Waals surface area contributed by atoms with E-state index in [0.29, 0.717) is 17.8 Å². The minimum Gasteiger partial charge on any atom is -0.331 e. The molecule has 27 heavy (non-hydrogen) atoms. The van der Waals surface area contributed by atoms with Gasteiger partial charge in [-0.3, -0.25) is 18.8 Å². The lowest BCUT2D eigenvalue weighted by atomic mass is 9.94. The quantitative estimate of drug-likeness (QED) is 0.632. The number of nitrogens with zero attached hydrogens (tertiary/aromatic N) is 4. The predicted octanol–water partition coefficient (Wildman–Crippen LogP) is 2.92. The Kier molecular flexibility index (Phi) is 4.47. The van der Waals surface area contributed by atoms with Gasteiger partial charge in [-0.2, -0.15) is 5.10 Å². The fourth-order valence-electron chi connectivity index (χ4n) is 3.49. The largest absolute Gasteiger partial charge is 0.331 e. The van der Waals surface area contributed by atoms with Crippen LogP contribution in [0.25, 0.3) is 5.69 Å². The topological polar surface area (TPSA) is 60.1 Å². The average molecular weight is 427 g/mol. The number of fused-ring (bicyclic) bond motifs is 1. The fraction of sp³-hybridized carbons (Fsp3) is 0.250. The zero-order valence-electron chi connectivity index (χ0n) is 15.1. The van der Waals surface area contributed by atoms with Crippen molar-refractivity contribution < 1.29 is 4.79 Å². The number of benzene rings is 1. The number of hydrogen-bond acceptors (Lipinski definition) is 3. The van der Waals surface area contributed by atoms with Gasteiger partial charge in [-0.05, 0) is 42.7 Å². The van der Waals surface area contributed by atoms with Gasteiger partial charge in [-0.25, -0.2) is 0 Å². The number of halogens is 1.